The molecule has 2 aliphatic rings. The normalized spacial score (nSPS) is 26.6. The summed E-state index contributed by atoms with van der Waals surface area (Å²) in [4.78, 5) is 6.96. The van der Waals surface area contributed by atoms with E-state index in [1.807, 2.05) is 19.1 Å². The van der Waals surface area contributed by atoms with Crippen LogP contribution in [-0.4, -0.2) is 30.3 Å². The standard InChI is InChI=1S/C15H19N3O/c1-11-8-12(10-16)9-15(17-11)18-6-7-19-14-5-3-2-4-13(14)18/h8-9,13-14H,2-7H2,1H3. The van der Waals surface area contributed by atoms with Crippen LogP contribution in [-0.2, 0) is 4.74 Å². The Hall–Kier alpha value is -1.60. The summed E-state index contributed by atoms with van der Waals surface area (Å²) < 4.78 is 5.89. The molecule has 1 aliphatic heterocycles. The third-order valence-electron chi connectivity index (χ3n) is 4.10. The van der Waals surface area contributed by atoms with E-state index in [1.165, 1.54) is 19.3 Å². The first-order valence-corrected chi connectivity index (χ1v) is 7.05. The lowest BCUT2D eigenvalue weighted by molar-refractivity contribution is -0.00899. The van der Waals surface area contributed by atoms with Gasteiger partial charge in [-0.05, 0) is 31.9 Å². The Balaban J connectivity index is 1.91. The molecule has 1 saturated heterocycles. The van der Waals surface area contributed by atoms with Gasteiger partial charge in [0.25, 0.3) is 0 Å². The van der Waals surface area contributed by atoms with Gasteiger partial charge in [-0.2, -0.15) is 5.26 Å². The fourth-order valence-electron chi connectivity index (χ4n) is 3.24. The Morgan fingerprint density at radius 1 is 1.37 bits per heavy atom. The van der Waals surface area contributed by atoms with E-state index in [-0.39, 0.29) is 0 Å². The molecule has 0 radical (unpaired) electrons. The summed E-state index contributed by atoms with van der Waals surface area (Å²) in [7, 11) is 0. The third kappa shape index (κ3) is 2.43. The van der Waals surface area contributed by atoms with Gasteiger partial charge in [0.15, 0.2) is 0 Å². The van der Waals surface area contributed by atoms with Crippen LogP contribution in [0.2, 0.25) is 0 Å². The van der Waals surface area contributed by atoms with Crippen LogP contribution in [0.15, 0.2) is 12.1 Å². The van der Waals surface area contributed by atoms with Crippen LogP contribution >= 0.6 is 0 Å². The molecule has 0 N–H and O–H groups in total. The fraction of sp³-hybridized carbons (Fsp3) is 0.600. The fourth-order valence-corrected chi connectivity index (χ4v) is 3.24. The molecule has 4 nitrogen and oxygen atoms in total. The van der Waals surface area contributed by atoms with Crippen molar-refractivity contribution in [1.82, 2.24) is 4.98 Å². The van der Waals surface area contributed by atoms with Crippen LogP contribution in [0.3, 0.4) is 0 Å². The van der Waals surface area contributed by atoms with Gasteiger partial charge in [0.1, 0.15) is 5.82 Å². The summed E-state index contributed by atoms with van der Waals surface area (Å²) in [6.07, 6.45) is 5.19. The maximum atomic E-state index is 9.10. The number of nitriles is 1. The highest BCUT2D eigenvalue weighted by atomic mass is 16.5. The molecule has 100 valence electrons. The second kappa shape index (κ2) is 5.18. The Bertz CT molecular complexity index is 507. The Morgan fingerprint density at radius 3 is 3.05 bits per heavy atom. The zero-order valence-electron chi connectivity index (χ0n) is 11.3. The first-order chi connectivity index (χ1) is 9.28. The maximum absolute atomic E-state index is 9.10. The molecule has 1 aliphatic carbocycles. The molecule has 2 heterocycles. The maximum Gasteiger partial charge on any atom is 0.130 e. The molecule has 19 heavy (non-hydrogen) atoms. The van der Waals surface area contributed by atoms with Gasteiger partial charge in [0.2, 0.25) is 0 Å². The van der Waals surface area contributed by atoms with Gasteiger partial charge in [0.05, 0.1) is 30.4 Å². The molecule has 3 rings (SSSR count). The number of fused-ring (bicyclic) bond motifs is 1. The lowest BCUT2D eigenvalue weighted by Gasteiger charge is -2.44. The molecule has 0 aromatic carbocycles. The summed E-state index contributed by atoms with van der Waals surface area (Å²) >= 11 is 0. The molecule has 2 atom stereocenters. The molecule has 0 bridgehead atoms. The number of morpholine rings is 1. The van der Waals surface area contributed by atoms with Crippen molar-refractivity contribution >= 4 is 5.82 Å². The molecule has 0 amide bonds. The average Bonchev–Trinajstić information content (AvgIpc) is 2.46. The van der Waals surface area contributed by atoms with Crippen LogP contribution in [0.4, 0.5) is 5.82 Å². The molecular weight excluding hydrogens is 238 g/mol. The van der Waals surface area contributed by atoms with E-state index in [2.05, 4.69) is 16.0 Å². The van der Waals surface area contributed by atoms with Crippen molar-refractivity contribution in [1.29, 1.82) is 5.26 Å². The second-order valence-electron chi connectivity index (χ2n) is 5.42. The molecular formula is C15H19N3O. The summed E-state index contributed by atoms with van der Waals surface area (Å²) in [6.45, 7) is 3.59. The van der Waals surface area contributed by atoms with Gasteiger partial charge in [-0.1, -0.05) is 12.8 Å². The quantitative estimate of drug-likeness (QED) is 0.775. The van der Waals surface area contributed by atoms with Crippen molar-refractivity contribution in [3.05, 3.63) is 23.4 Å². The Morgan fingerprint density at radius 2 is 2.21 bits per heavy atom. The zero-order valence-corrected chi connectivity index (χ0v) is 11.3. The van der Waals surface area contributed by atoms with Crippen LogP contribution < -0.4 is 4.90 Å². The predicted octanol–water partition coefficient (Wildman–Crippen LogP) is 2.41. The van der Waals surface area contributed by atoms with Gasteiger partial charge in [-0.25, -0.2) is 4.98 Å². The number of nitrogens with zero attached hydrogens (tertiary/aromatic N) is 3. The number of hydrogen-bond acceptors (Lipinski definition) is 4. The van der Waals surface area contributed by atoms with E-state index in [1.54, 1.807) is 0 Å². The first-order valence-electron chi connectivity index (χ1n) is 7.05. The molecule has 2 fully saturated rings. The molecule has 1 aromatic rings. The highest BCUT2D eigenvalue weighted by molar-refractivity contribution is 5.48. The van der Waals surface area contributed by atoms with Crippen LogP contribution in [0.25, 0.3) is 0 Å². The van der Waals surface area contributed by atoms with E-state index in [0.717, 1.165) is 31.1 Å². The minimum Gasteiger partial charge on any atom is -0.374 e. The lowest BCUT2D eigenvalue weighted by atomic mass is 9.90. The number of pyridine rings is 1. The van der Waals surface area contributed by atoms with Crippen molar-refractivity contribution in [2.75, 3.05) is 18.1 Å². The number of anilines is 1. The van der Waals surface area contributed by atoms with E-state index >= 15 is 0 Å². The van der Waals surface area contributed by atoms with Gasteiger partial charge in [-0.15, -0.1) is 0 Å². The van der Waals surface area contributed by atoms with Gasteiger partial charge in [0, 0.05) is 12.2 Å². The summed E-state index contributed by atoms with van der Waals surface area (Å²) in [5, 5.41) is 9.10. The van der Waals surface area contributed by atoms with Crippen molar-refractivity contribution in [3.8, 4) is 6.07 Å². The van der Waals surface area contributed by atoms with Crippen LogP contribution in [0, 0.1) is 18.3 Å². The highest BCUT2D eigenvalue weighted by Gasteiger charge is 2.34. The van der Waals surface area contributed by atoms with Crippen molar-refractivity contribution in [2.45, 2.75) is 44.8 Å². The predicted molar refractivity (Wildman–Crippen MR) is 73.0 cm³/mol. The Kier molecular flexibility index (Phi) is 3.39. The van der Waals surface area contributed by atoms with Crippen molar-refractivity contribution < 1.29 is 4.74 Å². The average molecular weight is 257 g/mol. The number of ether oxygens (including phenoxy) is 1. The van der Waals surface area contributed by atoms with E-state index in [4.69, 9.17) is 10.00 Å². The topological polar surface area (TPSA) is 49.2 Å². The van der Waals surface area contributed by atoms with Gasteiger partial charge < -0.3 is 9.64 Å². The van der Waals surface area contributed by atoms with Crippen LogP contribution in [0.5, 0.6) is 0 Å². The van der Waals surface area contributed by atoms with Crippen molar-refractivity contribution in [2.24, 2.45) is 0 Å². The molecule has 1 saturated carbocycles. The van der Waals surface area contributed by atoms with E-state index in [0.29, 0.717) is 17.7 Å². The summed E-state index contributed by atoms with van der Waals surface area (Å²) in [5.74, 6) is 0.941. The van der Waals surface area contributed by atoms with E-state index in [9.17, 15) is 0 Å². The minimum atomic E-state index is 0.343. The SMILES string of the molecule is Cc1cc(C#N)cc(N2CCOC3CCCCC32)n1. The number of aryl methyl sites for hydroxylation is 1. The molecule has 2 unspecified atom stereocenters. The third-order valence-corrected chi connectivity index (χ3v) is 4.10. The van der Waals surface area contributed by atoms with E-state index < -0.39 is 0 Å². The molecule has 1 aromatic heterocycles. The Labute approximate surface area is 114 Å². The number of hydrogen-bond donors (Lipinski definition) is 0. The largest absolute Gasteiger partial charge is 0.374 e. The molecule has 0 spiro atoms. The smallest absolute Gasteiger partial charge is 0.130 e. The zero-order chi connectivity index (χ0) is 13.2. The van der Waals surface area contributed by atoms with Crippen LogP contribution in [0.1, 0.15) is 36.9 Å². The molecule has 4 heteroatoms. The summed E-state index contributed by atoms with van der Waals surface area (Å²) in [6, 6.07) is 6.40. The first kappa shape index (κ1) is 12.4. The number of aromatic nitrogens is 1. The lowest BCUT2D eigenvalue weighted by Crippen LogP contribution is -2.53. The van der Waals surface area contributed by atoms with Gasteiger partial charge >= 0.3 is 0 Å². The second-order valence-corrected chi connectivity index (χ2v) is 5.42. The monoisotopic (exact) mass is 257 g/mol. The highest BCUT2D eigenvalue weighted by Crippen LogP contribution is 2.31. The number of rotatable bonds is 1. The van der Waals surface area contributed by atoms with Gasteiger partial charge in [-0.3, -0.25) is 0 Å². The summed E-state index contributed by atoms with van der Waals surface area (Å²) in [5.41, 5.74) is 1.61. The minimum absolute atomic E-state index is 0.343. The van der Waals surface area contributed by atoms with Crippen molar-refractivity contribution in [3.63, 3.8) is 0 Å².